The van der Waals surface area contributed by atoms with Crippen molar-refractivity contribution in [3.8, 4) is 23.0 Å². The van der Waals surface area contributed by atoms with E-state index in [0.717, 1.165) is 46.1 Å². The van der Waals surface area contributed by atoms with Crippen LogP contribution >= 0.6 is 0 Å². The maximum atomic E-state index is 11.5. The molecule has 42 heavy (non-hydrogen) atoms. The molecule has 1 aliphatic heterocycles. The molecule has 1 fully saturated rings. The second-order valence-electron chi connectivity index (χ2n) is 10.8. The summed E-state index contributed by atoms with van der Waals surface area (Å²) >= 11 is 0. The number of hydrogen-bond donors (Lipinski definition) is 1. The molecule has 1 saturated heterocycles. The molecule has 6 rings (SSSR count). The van der Waals surface area contributed by atoms with Gasteiger partial charge >= 0.3 is 6.09 Å². The molecular weight excluding hydrogens is 528 g/mol. The average Bonchev–Trinajstić information content (AvgIpc) is 3.35. The number of amides is 1. The Balaban J connectivity index is 1.31. The molecule has 8 nitrogen and oxygen atoms in total. The fraction of sp³-hybridized carbons (Fsp3) is 0.265. The molecule has 2 aromatic heterocycles. The zero-order valence-corrected chi connectivity index (χ0v) is 23.8. The molecule has 0 bridgehead atoms. The number of hydrogen-bond acceptors (Lipinski definition) is 5. The van der Waals surface area contributed by atoms with Crippen molar-refractivity contribution in [2.75, 3.05) is 6.54 Å². The highest BCUT2D eigenvalue weighted by molar-refractivity contribution is 5.95. The standard InChI is InChI=1S/C34H34N4O4/c1-23-19-27(17-18-38(23)34(39)40)26-13-14-28-30(20-26)37(2)36-32(28)29-15-16-31(41-21-24-9-5-3-6-10-24)35-33(29)42-22-25-11-7-4-8-12-25/h3-16,20,23,27H,17-19,21-22H2,1-2H3,(H,39,40)/t23-,27?/m0/s1. The minimum atomic E-state index is -0.844. The molecule has 5 aromatic rings. The van der Waals surface area contributed by atoms with E-state index >= 15 is 0 Å². The van der Waals surface area contributed by atoms with Crippen LogP contribution in [0.3, 0.4) is 0 Å². The van der Waals surface area contributed by atoms with Gasteiger partial charge in [0.05, 0.1) is 11.1 Å². The Kier molecular flexibility index (Phi) is 7.77. The van der Waals surface area contributed by atoms with Crippen LogP contribution < -0.4 is 9.47 Å². The first-order valence-corrected chi connectivity index (χ1v) is 14.3. The summed E-state index contributed by atoms with van der Waals surface area (Å²) < 4.78 is 14.2. The highest BCUT2D eigenvalue weighted by atomic mass is 16.5. The molecule has 0 saturated carbocycles. The predicted octanol–water partition coefficient (Wildman–Crippen LogP) is 7.04. The lowest BCUT2D eigenvalue weighted by Gasteiger charge is -2.36. The molecular formula is C34H34N4O4. The number of benzene rings is 3. The van der Waals surface area contributed by atoms with Crippen LogP contribution in [0, 0.1) is 0 Å². The SMILES string of the molecule is C[C@H]1CC(c2ccc3c(-c4ccc(OCc5ccccc5)nc4OCc4ccccc4)nn(C)c3c2)CCN1C(=O)O. The summed E-state index contributed by atoms with van der Waals surface area (Å²) in [5.41, 5.74) is 5.90. The van der Waals surface area contributed by atoms with Gasteiger partial charge < -0.3 is 19.5 Å². The average molecular weight is 563 g/mol. The molecule has 1 N–H and O–H groups in total. The van der Waals surface area contributed by atoms with E-state index in [1.165, 1.54) is 10.5 Å². The van der Waals surface area contributed by atoms with Crippen LogP contribution in [-0.2, 0) is 20.3 Å². The third-order valence-electron chi connectivity index (χ3n) is 8.01. The normalized spacial score (nSPS) is 16.9. The minimum absolute atomic E-state index is 0.0166. The number of carbonyl (C=O) groups is 1. The second-order valence-corrected chi connectivity index (χ2v) is 10.8. The van der Waals surface area contributed by atoms with Crippen molar-refractivity contribution in [1.82, 2.24) is 19.7 Å². The van der Waals surface area contributed by atoms with E-state index in [1.807, 2.05) is 91.4 Å². The van der Waals surface area contributed by atoms with Crippen LogP contribution in [0.1, 0.15) is 42.4 Å². The first-order valence-electron chi connectivity index (χ1n) is 14.3. The van der Waals surface area contributed by atoms with Crippen molar-refractivity contribution in [2.45, 2.75) is 44.9 Å². The second kappa shape index (κ2) is 11.9. The third-order valence-corrected chi connectivity index (χ3v) is 8.01. The number of nitrogens with zero attached hydrogens (tertiary/aromatic N) is 4. The van der Waals surface area contributed by atoms with Crippen LogP contribution in [0.2, 0.25) is 0 Å². The Labute approximate surface area is 245 Å². The minimum Gasteiger partial charge on any atom is -0.473 e. The molecule has 214 valence electrons. The first kappa shape index (κ1) is 27.3. The Morgan fingerprint density at radius 1 is 0.929 bits per heavy atom. The lowest BCUT2D eigenvalue weighted by atomic mass is 9.85. The Bertz CT molecular complexity index is 1690. The largest absolute Gasteiger partial charge is 0.473 e. The summed E-state index contributed by atoms with van der Waals surface area (Å²) in [4.78, 5) is 17.8. The maximum absolute atomic E-state index is 11.5. The van der Waals surface area contributed by atoms with Crippen molar-refractivity contribution in [3.05, 3.63) is 108 Å². The van der Waals surface area contributed by atoms with Gasteiger partial charge in [-0.3, -0.25) is 4.68 Å². The molecule has 0 aliphatic carbocycles. The van der Waals surface area contributed by atoms with E-state index in [-0.39, 0.29) is 6.04 Å². The number of carboxylic acid groups (broad SMARTS) is 1. The molecule has 1 amide bonds. The van der Waals surface area contributed by atoms with Gasteiger partial charge in [0, 0.05) is 31.1 Å². The Morgan fingerprint density at radius 2 is 1.62 bits per heavy atom. The zero-order valence-electron chi connectivity index (χ0n) is 23.8. The number of aromatic nitrogens is 3. The quantitative estimate of drug-likeness (QED) is 0.218. The van der Waals surface area contributed by atoms with E-state index in [9.17, 15) is 9.90 Å². The summed E-state index contributed by atoms with van der Waals surface area (Å²) in [6.45, 7) is 3.30. The smallest absolute Gasteiger partial charge is 0.407 e. The van der Waals surface area contributed by atoms with Gasteiger partial charge in [-0.25, -0.2) is 4.79 Å². The maximum Gasteiger partial charge on any atom is 0.407 e. The predicted molar refractivity (Wildman–Crippen MR) is 162 cm³/mol. The van der Waals surface area contributed by atoms with E-state index in [4.69, 9.17) is 19.6 Å². The number of aryl methyl sites for hydroxylation is 1. The Morgan fingerprint density at radius 3 is 2.29 bits per heavy atom. The van der Waals surface area contributed by atoms with Gasteiger partial charge in [0.1, 0.15) is 18.9 Å². The van der Waals surface area contributed by atoms with Crippen molar-refractivity contribution in [1.29, 1.82) is 0 Å². The summed E-state index contributed by atoms with van der Waals surface area (Å²) in [6, 6.07) is 30.3. The van der Waals surface area contributed by atoms with Crippen LogP contribution in [-0.4, -0.2) is 43.5 Å². The lowest BCUT2D eigenvalue weighted by molar-refractivity contribution is 0.107. The highest BCUT2D eigenvalue weighted by Gasteiger charge is 2.30. The van der Waals surface area contributed by atoms with E-state index in [0.29, 0.717) is 37.4 Å². The molecule has 1 aliphatic rings. The van der Waals surface area contributed by atoms with Crippen molar-refractivity contribution in [2.24, 2.45) is 7.05 Å². The van der Waals surface area contributed by atoms with Gasteiger partial charge in [0.2, 0.25) is 11.8 Å². The third kappa shape index (κ3) is 5.79. The van der Waals surface area contributed by atoms with Crippen LogP contribution in [0.25, 0.3) is 22.2 Å². The van der Waals surface area contributed by atoms with Gasteiger partial charge in [-0.2, -0.15) is 10.1 Å². The molecule has 2 atom stereocenters. The Hall–Kier alpha value is -4.85. The monoisotopic (exact) mass is 562 g/mol. The zero-order chi connectivity index (χ0) is 29.1. The number of rotatable bonds is 8. The van der Waals surface area contributed by atoms with E-state index < -0.39 is 6.09 Å². The van der Waals surface area contributed by atoms with Crippen molar-refractivity contribution in [3.63, 3.8) is 0 Å². The summed E-state index contributed by atoms with van der Waals surface area (Å²) in [7, 11) is 1.94. The summed E-state index contributed by atoms with van der Waals surface area (Å²) in [5, 5.41) is 15.4. The van der Waals surface area contributed by atoms with Gasteiger partial charge in [-0.1, -0.05) is 72.8 Å². The van der Waals surface area contributed by atoms with Crippen LogP contribution in [0.15, 0.2) is 91.0 Å². The van der Waals surface area contributed by atoms with Gasteiger partial charge in [0.25, 0.3) is 0 Å². The number of likely N-dealkylation sites (tertiary alicyclic amines) is 1. The van der Waals surface area contributed by atoms with Gasteiger partial charge in [-0.15, -0.1) is 0 Å². The number of pyridine rings is 1. The topological polar surface area (TPSA) is 89.7 Å². The fourth-order valence-corrected chi connectivity index (χ4v) is 5.74. The highest BCUT2D eigenvalue weighted by Crippen LogP contribution is 2.38. The molecule has 3 heterocycles. The van der Waals surface area contributed by atoms with Crippen LogP contribution in [0.4, 0.5) is 4.79 Å². The lowest BCUT2D eigenvalue weighted by Crippen LogP contribution is -2.43. The molecule has 0 radical (unpaired) electrons. The molecule has 8 heteroatoms. The number of fused-ring (bicyclic) bond motifs is 1. The van der Waals surface area contributed by atoms with E-state index in [1.54, 1.807) is 0 Å². The first-order chi connectivity index (χ1) is 20.5. The number of ether oxygens (including phenoxy) is 2. The summed E-state index contributed by atoms with van der Waals surface area (Å²) in [5.74, 6) is 1.24. The van der Waals surface area contributed by atoms with Gasteiger partial charge in [-0.05, 0) is 54.5 Å². The molecule has 0 spiro atoms. The van der Waals surface area contributed by atoms with E-state index in [2.05, 4.69) is 18.2 Å². The molecule has 3 aromatic carbocycles. The number of piperidine rings is 1. The van der Waals surface area contributed by atoms with Crippen LogP contribution in [0.5, 0.6) is 11.8 Å². The van der Waals surface area contributed by atoms with Gasteiger partial charge in [0.15, 0.2) is 0 Å². The van der Waals surface area contributed by atoms with Crippen molar-refractivity contribution >= 4 is 17.0 Å². The summed E-state index contributed by atoms with van der Waals surface area (Å²) in [6.07, 6.45) is 0.760. The fourth-order valence-electron chi connectivity index (χ4n) is 5.74. The molecule has 1 unspecified atom stereocenters. The van der Waals surface area contributed by atoms with Crippen molar-refractivity contribution < 1.29 is 19.4 Å².